The van der Waals surface area contributed by atoms with Crippen molar-refractivity contribution in [3.05, 3.63) is 126 Å². The van der Waals surface area contributed by atoms with E-state index in [2.05, 4.69) is 31.6 Å². The van der Waals surface area contributed by atoms with Gasteiger partial charge in [-0.2, -0.15) is 8.78 Å². The van der Waals surface area contributed by atoms with E-state index in [0.717, 1.165) is 18.4 Å². The highest BCUT2D eigenvalue weighted by Crippen LogP contribution is 2.37. The maximum atomic E-state index is 13.7. The molecule has 0 bridgehead atoms. The number of esters is 5. The zero-order valence-corrected chi connectivity index (χ0v) is 24.9. The zero-order valence-electron chi connectivity index (χ0n) is 24.9. The molecule has 3 aromatic rings. The van der Waals surface area contributed by atoms with Crippen molar-refractivity contribution in [1.29, 1.82) is 0 Å². The zero-order chi connectivity index (χ0) is 34.7. The van der Waals surface area contributed by atoms with Gasteiger partial charge in [0.2, 0.25) is 11.7 Å². The van der Waals surface area contributed by atoms with Crippen molar-refractivity contribution < 1.29 is 56.4 Å². The van der Waals surface area contributed by atoms with Crippen LogP contribution in [-0.4, -0.2) is 29.8 Å². The molecule has 47 heavy (non-hydrogen) atoms. The number of ether oxygens (including phenoxy) is 5. The molecule has 0 saturated carbocycles. The Morgan fingerprint density at radius 3 is 1.94 bits per heavy atom. The minimum atomic E-state index is -1.51. The summed E-state index contributed by atoms with van der Waals surface area (Å²) in [5.41, 5.74) is 0.478. The number of carbonyl (C=O) groups excluding carboxylic acids is 5. The van der Waals surface area contributed by atoms with Gasteiger partial charge in [0.15, 0.2) is 0 Å². The van der Waals surface area contributed by atoms with Crippen LogP contribution in [-0.2, 0) is 23.9 Å². The summed E-state index contributed by atoms with van der Waals surface area (Å²) in [7, 11) is 0. The summed E-state index contributed by atoms with van der Waals surface area (Å²) in [6.45, 7) is 11.8. The molecule has 0 saturated heterocycles. The van der Waals surface area contributed by atoms with Crippen LogP contribution in [0, 0.1) is 18.8 Å². The van der Waals surface area contributed by atoms with E-state index in [0.29, 0.717) is 5.56 Å². The molecule has 0 atom stereocenters. The van der Waals surface area contributed by atoms with Gasteiger partial charge in [-0.05, 0) is 67.6 Å². The Morgan fingerprint density at radius 2 is 1.36 bits per heavy atom. The Labute approximate surface area is 267 Å². The first-order valence-electron chi connectivity index (χ1n) is 13.2. The van der Waals surface area contributed by atoms with Gasteiger partial charge < -0.3 is 23.7 Å². The second-order valence-electron chi connectivity index (χ2n) is 9.10. The number of halogens is 2. The van der Waals surface area contributed by atoms with Gasteiger partial charge in [-0.15, -0.1) is 0 Å². The molecule has 0 heterocycles. The van der Waals surface area contributed by atoms with Crippen molar-refractivity contribution in [1.82, 2.24) is 0 Å². The van der Waals surface area contributed by atoms with E-state index < -0.39 is 53.0 Å². The lowest BCUT2D eigenvalue weighted by Crippen LogP contribution is -2.13. The predicted octanol–water partition coefficient (Wildman–Crippen LogP) is 6.02. The number of hydrogen-bond acceptors (Lipinski definition) is 10. The molecule has 0 aromatic heterocycles. The standard InChI is InChI=1S/C35H24F2O10/c1-6-31(39)45-28-15-11-25(12-16-28)35(42)43-18-17-29-30(46-33(40)21(3)36)19-26(20(2)32(29)47-34(41)22(4)37)10-7-24-8-13-27(14-9-24)44-23(5)38/h6,8-9,11-19H,1,3-4H2,2,5H3/b18-17+. The molecule has 0 radical (unpaired) electrons. The average molecular weight is 643 g/mol. The smallest absolute Gasteiger partial charge is 0.371 e. The topological polar surface area (TPSA) is 132 Å². The molecule has 0 amide bonds. The molecule has 0 unspecified atom stereocenters. The largest absolute Gasteiger partial charge is 0.431 e. The fraction of sp³-hybridized carbons (Fsp3) is 0.0571. The maximum absolute atomic E-state index is 13.7. The fourth-order valence-corrected chi connectivity index (χ4v) is 3.52. The third-order valence-corrected chi connectivity index (χ3v) is 5.71. The van der Waals surface area contributed by atoms with Crippen LogP contribution in [0.1, 0.15) is 39.5 Å². The van der Waals surface area contributed by atoms with E-state index >= 15 is 0 Å². The molecule has 238 valence electrons. The maximum Gasteiger partial charge on any atom is 0.371 e. The lowest BCUT2D eigenvalue weighted by atomic mass is 10.0. The predicted molar refractivity (Wildman–Crippen MR) is 163 cm³/mol. The van der Waals surface area contributed by atoms with Crippen molar-refractivity contribution >= 4 is 35.9 Å². The second kappa shape index (κ2) is 15.9. The van der Waals surface area contributed by atoms with Crippen LogP contribution >= 0.6 is 0 Å². The number of benzene rings is 3. The Morgan fingerprint density at radius 1 is 0.787 bits per heavy atom. The summed E-state index contributed by atoms with van der Waals surface area (Å²) in [6, 6.07) is 12.6. The van der Waals surface area contributed by atoms with Crippen molar-refractivity contribution in [3.63, 3.8) is 0 Å². The molecule has 0 fully saturated rings. The molecule has 0 aliphatic carbocycles. The minimum Gasteiger partial charge on any atom is -0.431 e. The lowest BCUT2D eigenvalue weighted by molar-refractivity contribution is -0.132. The van der Waals surface area contributed by atoms with E-state index in [1.165, 1.54) is 56.3 Å². The SMILES string of the molecule is C=CC(=O)Oc1ccc(C(=O)O/C=C/c2c(OC(=O)C(=C)F)cc(C#Cc3ccc(OC(C)=O)cc3)c(C)c2OC(=O)C(=C)F)cc1. The van der Waals surface area contributed by atoms with Gasteiger partial charge in [0, 0.05) is 29.7 Å². The van der Waals surface area contributed by atoms with Gasteiger partial charge in [-0.3, -0.25) is 4.79 Å². The summed E-state index contributed by atoms with van der Waals surface area (Å²) in [6.07, 6.45) is 2.86. The van der Waals surface area contributed by atoms with Gasteiger partial charge >= 0.3 is 29.8 Å². The Kier molecular flexibility index (Phi) is 11.8. The summed E-state index contributed by atoms with van der Waals surface area (Å²) in [4.78, 5) is 59.5. The first kappa shape index (κ1) is 34.9. The molecular formula is C35H24F2O10. The summed E-state index contributed by atoms with van der Waals surface area (Å²) < 4.78 is 52.7. The van der Waals surface area contributed by atoms with Gasteiger partial charge in [0.25, 0.3) is 0 Å². The van der Waals surface area contributed by atoms with Gasteiger partial charge in [-0.25, -0.2) is 19.2 Å². The van der Waals surface area contributed by atoms with Crippen molar-refractivity contribution in [2.45, 2.75) is 13.8 Å². The monoisotopic (exact) mass is 642 g/mol. The summed E-state index contributed by atoms with van der Waals surface area (Å²) in [5.74, 6) is -2.81. The normalized spacial score (nSPS) is 10.1. The van der Waals surface area contributed by atoms with Crippen LogP contribution < -0.4 is 18.9 Å². The lowest BCUT2D eigenvalue weighted by Gasteiger charge is -2.16. The van der Waals surface area contributed by atoms with Gasteiger partial charge in [0.1, 0.15) is 23.0 Å². The summed E-state index contributed by atoms with van der Waals surface area (Å²) in [5, 5.41) is 0. The van der Waals surface area contributed by atoms with E-state index in [1.807, 2.05) is 0 Å². The number of hydrogen-bond donors (Lipinski definition) is 0. The first-order valence-corrected chi connectivity index (χ1v) is 13.2. The third kappa shape index (κ3) is 9.95. The molecule has 3 aromatic carbocycles. The molecule has 12 heteroatoms. The second-order valence-corrected chi connectivity index (χ2v) is 9.10. The van der Waals surface area contributed by atoms with E-state index in [9.17, 15) is 32.8 Å². The molecule has 0 aliphatic heterocycles. The Balaban J connectivity index is 2.04. The quantitative estimate of drug-likeness (QED) is 0.0851. The molecule has 0 N–H and O–H groups in total. The highest BCUT2D eigenvalue weighted by molar-refractivity contribution is 5.92. The van der Waals surface area contributed by atoms with Crippen LogP contribution in [0.15, 0.2) is 98.3 Å². The first-order chi connectivity index (χ1) is 22.3. The van der Waals surface area contributed by atoms with Crippen LogP contribution in [0.5, 0.6) is 23.0 Å². The molecule has 3 rings (SSSR count). The Bertz CT molecular complexity index is 1880. The van der Waals surface area contributed by atoms with Crippen molar-refractivity contribution in [2.24, 2.45) is 0 Å². The van der Waals surface area contributed by atoms with E-state index in [1.54, 1.807) is 12.1 Å². The molecule has 0 aliphatic rings. The van der Waals surface area contributed by atoms with E-state index in [-0.39, 0.29) is 33.8 Å². The number of rotatable bonds is 10. The van der Waals surface area contributed by atoms with Crippen LogP contribution in [0.3, 0.4) is 0 Å². The van der Waals surface area contributed by atoms with Crippen LogP contribution in [0.2, 0.25) is 0 Å². The Hall–Kier alpha value is -6.61. The fourth-order valence-electron chi connectivity index (χ4n) is 3.52. The third-order valence-electron chi connectivity index (χ3n) is 5.71. The minimum absolute atomic E-state index is 0.0384. The average Bonchev–Trinajstić information content (AvgIpc) is 3.03. The molecular weight excluding hydrogens is 618 g/mol. The van der Waals surface area contributed by atoms with Gasteiger partial charge in [0.05, 0.1) is 17.4 Å². The molecule has 0 spiro atoms. The van der Waals surface area contributed by atoms with Crippen LogP contribution in [0.25, 0.3) is 6.08 Å². The number of carbonyl (C=O) groups is 5. The van der Waals surface area contributed by atoms with Gasteiger partial charge in [-0.1, -0.05) is 31.6 Å². The highest BCUT2D eigenvalue weighted by atomic mass is 19.1. The van der Waals surface area contributed by atoms with Crippen molar-refractivity contribution in [2.75, 3.05) is 0 Å². The highest BCUT2D eigenvalue weighted by Gasteiger charge is 2.23. The summed E-state index contributed by atoms with van der Waals surface area (Å²) >= 11 is 0. The van der Waals surface area contributed by atoms with Crippen molar-refractivity contribution in [3.8, 4) is 34.8 Å². The van der Waals surface area contributed by atoms with Crippen LogP contribution in [0.4, 0.5) is 8.78 Å². The van der Waals surface area contributed by atoms with E-state index in [4.69, 9.17) is 23.7 Å². The molecule has 10 nitrogen and oxygen atoms in total.